The Morgan fingerprint density at radius 1 is 1.16 bits per heavy atom. The van der Waals surface area contributed by atoms with Crippen molar-refractivity contribution < 1.29 is 9.26 Å². The molecular formula is C19H20N4O2. The van der Waals surface area contributed by atoms with E-state index < -0.39 is 0 Å². The number of ether oxygens (including phenoxy) is 1. The Hall–Kier alpha value is -2.57. The van der Waals surface area contributed by atoms with Crippen LogP contribution in [0, 0.1) is 6.92 Å². The number of nitrogens with zero attached hydrogens (tertiary/aromatic N) is 4. The molecule has 128 valence electrons. The molecule has 3 aromatic rings. The molecule has 1 fully saturated rings. The summed E-state index contributed by atoms with van der Waals surface area (Å²) in [6.07, 6.45) is 1.83. The van der Waals surface area contributed by atoms with Crippen LogP contribution in [0.3, 0.4) is 0 Å². The van der Waals surface area contributed by atoms with E-state index in [-0.39, 0.29) is 6.04 Å². The average molecular weight is 336 g/mol. The Morgan fingerprint density at radius 3 is 2.88 bits per heavy atom. The third kappa shape index (κ3) is 3.45. The van der Waals surface area contributed by atoms with Crippen LogP contribution in [0.4, 0.5) is 0 Å². The second-order valence-corrected chi connectivity index (χ2v) is 6.15. The molecule has 6 nitrogen and oxygen atoms in total. The van der Waals surface area contributed by atoms with Gasteiger partial charge in [-0.15, -0.1) is 0 Å². The summed E-state index contributed by atoms with van der Waals surface area (Å²) in [5, 5.41) is 4.14. The van der Waals surface area contributed by atoms with Crippen LogP contribution < -0.4 is 0 Å². The van der Waals surface area contributed by atoms with Crippen LogP contribution in [0.5, 0.6) is 0 Å². The highest BCUT2D eigenvalue weighted by Gasteiger charge is 2.30. The van der Waals surface area contributed by atoms with Gasteiger partial charge < -0.3 is 9.26 Å². The fourth-order valence-electron chi connectivity index (χ4n) is 3.01. The number of morpholine rings is 1. The van der Waals surface area contributed by atoms with E-state index in [1.54, 1.807) is 0 Å². The topological polar surface area (TPSA) is 64.3 Å². The zero-order valence-corrected chi connectivity index (χ0v) is 14.1. The highest BCUT2D eigenvalue weighted by Crippen LogP contribution is 2.27. The van der Waals surface area contributed by atoms with E-state index in [1.807, 2.05) is 42.6 Å². The second kappa shape index (κ2) is 7.13. The summed E-state index contributed by atoms with van der Waals surface area (Å²) in [5.74, 6) is 1.20. The molecule has 1 aromatic carbocycles. The number of pyridine rings is 1. The standard InChI is InChI=1S/C19H20N4O2/c1-14-6-5-9-20-16(14)12-23-10-11-24-13-17(23)19-21-18(22-25-19)15-7-3-2-4-8-15/h2-9,17H,10-13H2,1H3. The summed E-state index contributed by atoms with van der Waals surface area (Å²) in [4.78, 5) is 11.4. The van der Waals surface area contributed by atoms with Gasteiger partial charge in [-0.3, -0.25) is 9.88 Å². The van der Waals surface area contributed by atoms with E-state index >= 15 is 0 Å². The third-order valence-electron chi connectivity index (χ3n) is 4.47. The van der Waals surface area contributed by atoms with E-state index in [4.69, 9.17) is 9.26 Å². The first kappa shape index (κ1) is 15.9. The van der Waals surface area contributed by atoms with E-state index in [1.165, 1.54) is 5.56 Å². The van der Waals surface area contributed by atoms with Gasteiger partial charge in [0.15, 0.2) is 0 Å². The Bertz CT molecular complexity index is 834. The minimum atomic E-state index is -0.0554. The lowest BCUT2D eigenvalue weighted by Crippen LogP contribution is -2.39. The largest absolute Gasteiger partial charge is 0.378 e. The summed E-state index contributed by atoms with van der Waals surface area (Å²) < 4.78 is 11.2. The molecule has 0 radical (unpaired) electrons. The second-order valence-electron chi connectivity index (χ2n) is 6.15. The van der Waals surface area contributed by atoms with E-state index in [0.29, 0.717) is 24.9 Å². The summed E-state index contributed by atoms with van der Waals surface area (Å²) in [5.41, 5.74) is 3.20. The molecule has 0 aliphatic carbocycles. The fraction of sp³-hybridized carbons (Fsp3) is 0.316. The normalized spacial score (nSPS) is 18.4. The molecular weight excluding hydrogens is 316 g/mol. The maximum Gasteiger partial charge on any atom is 0.246 e. The van der Waals surface area contributed by atoms with Crippen LogP contribution in [-0.2, 0) is 11.3 Å². The van der Waals surface area contributed by atoms with Crippen molar-refractivity contribution in [2.45, 2.75) is 19.5 Å². The molecule has 4 rings (SSSR count). The van der Waals surface area contributed by atoms with Gasteiger partial charge >= 0.3 is 0 Å². The number of rotatable bonds is 4. The summed E-state index contributed by atoms with van der Waals surface area (Å²) in [6.45, 7) is 4.87. The van der Waals surface area contributed by atoms with Crippen LogP contribution in [0.25, 0.3) is 11.4 Å². The van der Waals surface area contributed by atoms with Gasteiger partial charge in [0.05, 0.1) is 18.9 Å². The summed E-state index contributed by atoms with van der Waals surface area (Å²) in [7, 11) is 0. The first-order valence-corrected chi connectivity index (χ1v) is 8.42. The van der Waals surface area contributed by atoms with Crippen LogP contribution >= 0.6 is 0 Å². The monoisotopic (exact) mass is 336 g/mol. The van der Waals surface area contributed by atoms with Gasteiger partial charge in [0.2, 0.25) is 11.7 Å². The van der Waals surface area contributed by atoms with Crippen LogP contribution in [0.2, 0.25) is 0 Å². The Labute approximate surface area is 146 Å². The van der Waals surface area contributed by atoms with E-state index in [2.05, 4.69) is 33.0 Å². The van der Waals surface area contributed by atoms with Crippen molar-refractivity contribution in [3.8, 4) is 11.4 Å². The molecule has 1 aliphatic heterocycles. The molecule has 1 atom stereocenters. The van der Waals surface area contributed by atoms with Crippen molar-refractivity contribution in [3.05, 3.63) is 65.8 Å². The highest BCUT2D eigenvalue weighted by molar-refractivity contribution is 5.53. The minimum Gasteiger partial charge on any atom is -0.378 e. The molecule has 0 spiro atoms. The van der Waals surface area contributed by atoms with Gasteiger partial charge in [-0.05, 0) is 18.6 Å². The molecule has 1 aliphatic rings. The zero-order valence-electron chi connectivity index (χ0n) is 14.1. The summed E-state index contributed by atoms with van der Waals surface area (Å²) in [6, 6.07) is 13.8. The quantitative estimate of drug-likeness (QED) is 0.730. The van der Waals surface area contributed by atoms with Crippen LogP contribution in [-0.4, -0.2) is 39.8 Å². The number of aryl methyl sites for hydroxylation is 1. The molecule has 0 N–H and O–H groups in total. The average Bonchev–Trinajstić information content (AvgIpc) is 3.15. The molecule has 25 heavy (non-hydrogen) atoms. The Kier molecular flexibility index (Phi) is 4.54. The Balaban J connectivity index is 1.57. The lowest BCUT2D eigenvalue weighted by molar-refractivity contribution is -0.0246. The van der Waals surface area contributed by atoms with E-state index in [0.717, 1.165) is 24.3 Å². The van der Waals surface area contributed by atoms with Gasteiger partial charge in [0.1, 0.15) is 6.04 Å². The fourth-order valence-corrected chi connectivity index (χ4v) is 3.01. The first-order chi connectivity index (χ1) is 12.3. The molecule has 3 heterocycles. The predicted molar refractivity (Wildman–Crippen MR) is 92.7 cm³/mol. The van der Waals surface area contributed by atoms with Gasteiger partial charge in [0, 0.05) is 24.8 Å². The third-order valence-corrected chi connectivity index (χ3v) is 4.47. The van der Waals surface area contributed by atoms with E-state index in [9.17, 15) is 0 Å². The molecule has 1 saturated heterocycles. The maximum atomic E-state index is 5.66. The molecule has 6 heteroatoms. The molecule has 0 bridgehead atoms. The lowest BCUT2D eigenvalue weighted by atomic mass is 10.1. The van der Waals surface area contributed by atoms with Crippen molar-refractivity contribution >= 4 is 0 Å². The van der Waals surface area contributed by atoms with Crippen LogP contribution in [0.15, 0.2) is 53.2 Å². The lowest BCUT2D eigenvalue weighted by Gasteiger charge is -2.33. The number of hydrogen-bond donors (Lipinski definition) is 0. The maximum absolute atomic E-state index is 5.66. The van der Waals surface area contributed by atoms with Crippen molar-refractivity contribution in [1.29, 1.82) is 0 Å². The highest BCUT2D eigenvalue weighted by atomic mass is 16.5. The molecule has 2 aromatic heterocycles. The van der Waals surface area contributed by atoms with Gasteiger partial charge in [0.25, 0.3) is 0 Å². The number of aromatic nitrogens is 3. The molecule has 0 amide bonds. The van der Waals surface area contributed by atoms with Gasteiger partial charge in [-0.1, -0.05) is 41.6 Å². The molecule has 0 saturated carbocycles. The van der Waals surface area contributed by atoms with Crippen molar-refractivity contribution in [2.24, 2.45) is 0 Å². The van der Waals surface area contributed by atoms with Crippen molar-refractivity contribution in [3.63, 3.8) is 0 Å². The molecule has 1 unspecified atom stereocenters. The first-order valence-electron chi connectivity index (χ1n) is 8.42. The van der Waals surface area contributed by atoms with Crippen molar-refractivity contribution in [1.82, 2.24) is 20.0 Å². The van der Waals surface area contributed by atoms with Gasteiger partial charge in [-0.25, -0.2) is 0 Å². The summed E-state index contributed by atoms with van der Waals surface area (Å²) >= 11 is 0. The smallest absolute Gasteiger partial charge is 0.246 e. The van der Waals surface area contributed by atoms with Crippen molar-refractivity contribution in [2.75, 3.05) is 19.8 Å². The minimum absolute atomic E-state index is 0.0554. The SMILES string of the molecule is Cc1cccnc1CN1CCOCC1c1nc(-c2ccccc2)no1. The zero-order chi connectivity index (χ0) is 17.1. The number of benzene rings is 1. The Morgan fingerprint density at radius 2 is 2.04 bits per heavy atom. The number of hydrogen-bond acceptors (Lipinski definition) is 6. The van der Waals surface area contributed by atoms with Gasteiger partial charge in [-0.2, -0.15) is 4.98 Å². The predicted octanol–water partition coefficient (Wildman–Crippen LogP) is 3.01. The van der Waals surface area contributed by atoms with Crippen LogP contribution in [0.1, 0.15) is 23.2 Å².